The fourth-order valence-corrected chi connectivity index (χ4v) is 1.45. The molecule has 0 heterocycles. The van der Waals surface area contributed by atoms with Crippen LogP contribution in [-0.2, 0) is 6.18 Å². The van der Waals surface area contributed by atoms with Crippen molar-refractivity contribution in [2.24, 2.45) is 0 Å². The molecule has 1 rings (SSSR count). The van der Waals surface area contributed by atoms with E-state index in [1.165, 1.54) is 12.1 Å². The van der Waals surface area contributed by atoms with Gasteiger partial charge in [0, 0.05) is 6.54 Å². The van der Waals surface area contributed by atoms with Crippen LogP contribution in [0.25, 0.3) is 0 Å². The van der Waals surface area contributed by atoms with Gasteiger partial charge in [0.2, 0.25) is 0 Å². The molecule has 7 heteroatoms. The third kappa shape index (κ3) is 4.35. The molecule has 0 aromatic heterocycles. The average molecular weight is 276 g/mol. The van der Waals surface area contributed by atoms with Gasteiger partial charge in [0.1, 0.15) is 5.75 Å². The van der Waals surface area contributed by atoms with Crippen molar-refractivity contribution in [1.29, 1.82) is 0 Å². The number of hydrogen-bond acceptors (Lipinski definition) is 2. The molecule has 2 N–H and O–H groups in total. The van der Waals surface area contributed by atoms with Crippen LogP contribution < -0.4 is 15.4 Å². The Hall–Kier alpha value is -1.92. The van der Waals surface area contributed by atoms with E-state index >= 15 is 0 Å². The van der Waals surface area contributed by atoms with Gasteiger partial charge >= 0.3 is 12.2 Å². The number of nitrogens with one attached hydrogen (secondary N) is 2. The van der Waals surface area contributed by atoms with E-state index in [0.29, 0.717) is 6.54 Å². The van der Waals surface area contributed by atoms with E-state index in [1.54, 1.807) is 13.8 Å². The zero-order valence-corrected chi connectivity index (χ0v) is 10.6. The van der Waals surface area contributed by atoms with Crippen LogP contribution in [-0.4, -0.2) is 19.2 Å². The smallest absolute Gasteiger partial charge is 0.418 e. The van der Waals surface area contributed by atoms with Crippen molar-refractivity contribution in [3.8, 4) is 5.75 Å². The van der Waals surface area contributed by atoms with Crippen LogP contribution in [0.3, 0.4) is 0 Å². The number of rotatable bonds is 4. The van der Waals surface area contributed by atoms with E-state index in [4.69, 9.17) is 4.74 Å². The molecule has 0 aliphatic carbocycles. The maximum absolute atomic E-state index is 12.9. The first kappa shape index (κ1) is 15.1. The number of carbonyl (C=O) groups excluding carboxylic acids is 1. The summed E-state index contributed by atoms with van der Waals surface area (Å²) >= 11 is 0. The Bertz CT molecular complexity index is 447. The highest BCUT2D eigenvalue weighted by atomic mass is 19.4. The van der Waals surface area contributed by atoms with Crippen molar-refractivity contribution in [2.45, 2.75) is 20.0 Å². The van der Waals surface area contributed by atoms with Crippen LogP contribution in [0.5, 0.6) is 5.75 Å². The van der Waals surface area contributed by atoms with E-state index in [9.17, 15) is 18.0 Å². The molecule has 4 nitrogen and oxygen atoms in total. The summed E-state index contributed by atoms with van der Waals surface area (Å²) in [6.07, 6.45) is -4.57. The topological polar surface area (TPSA) is 50.4 Å². The largest absolute Gasteiger partial charge is 0.494 e. The van der Waals surface area contributed by atoms with Crippen LogP contribution in [0.15, 0.2) is 18.2 Å². The number of carbonyl (C=O) groups is 1. The molecule has 0 saturated carbocycles. The number of benzene rings is 1. The van der Waals surface area contributed by atoms with Gasteiger partial charge in [-0.2, -0.15) is 13.2 Å². The van der Waals surface area contributed by atoms with E-state index in [2.05, 4.69) is 10.6 Å². The summed E-state index contributed by atoms with van der Waals surface area (Å²) in [5.41, 5.74) is -1.24. The summed E-state index contributed by atoms with van der Waals surface area (Å²) in [5, 5.41) is 4.53. The fraction of sp³-hybridized carbons (Fsp3) is 0.417. The SMILES string of the molecule is CCNC(=O)Nc1ccc(OCC)cc1C(F)(F)F. The molecule has 1 aromatic rings. The highest BCUT2D eigenvalue weighted by molar-refractivity contribution is 5.90. The normalized spacial score (nSPS) is 11.0. The molecule has 0 atom stereocenters. The van der Waals surface area contributed by atoms with E-state index in [0.717, 1.165) is 6.07 Å². The van der Waals surface area contributed by atoms with E-state index < -0.39 is 17.8 Å². The quantitative estimate of drug-likeness (QED) is 0.887. The van der Waals surface area contributed by atoms with Gasteiger partial charge in [-0.3, -0.25) is 0 Å². The van der Waals surface area contributed by atoms with Gasteiger partial charge in [-0.1, -0.05) is 0 Å². The van der Waals surface area contributed by atoms with Gasteiger partial charge in [0.25, 0.3) is 0 Å². The molecule has 0 unspecified atom stereocenters. The number of halogens is 3. The summed E-state index contributed by atoms with van der Waals surface area (Å²) < 4.78 is 43.7. The Morgan fingerprint density at radius 3 is 2.53 bits per heavy atom. The Morgan fingerprint density at radius 1 is 1.32 bits per heavy atom. The Kier molecular flexibility index (Phi) is 5.02. The molecule has 0 aliphatic heterocycles. The van der Waals surface area contributed by atoms with Crippen molar-refractivity contribution in [1.82, 2.24) is 5.32 Å². The van der Waals surface area contributed by atoms with Crippen LogP contribution >= 0.6 is 0 Å². The van der Waals surface area contributed by atoms with Crippen LogP contribution in [0.4, 0.5) is 23.7 Å². The Balaban J connectivity index is 3.06. The Labute approximate surface area is 108 Å². The monoisotopic (exact) mass is 276 g/mol. The van der Waals surface area contributed by atoms with Crippen LogP contribution in [0.1, 0.15) is 19.4 Å². The summed E-state index contributed by atoms with van der Waals surface area (Å²) in [7, 11) is 0. The van der Waals surface area contributed by atoms with Gasteiger partial charge in [-0.05, 0) is 32.0 Å². The summed E-state index contributed by atoms with van der Waals surface area (Å²) in [6.45, 7) is 3.93. The summed E-state index contributed by atoms with van der Waals surface area (Å²) in [5.74, 6) is 0.108. The number of amides is 2. The number of alkyl halides is 3. The Morgan fingerprint density at radius 2 is 2.00 bits per heavy atom. The van der Waals surface area contributed by atoms with Crippen LogP contribution in [0, 0.1) is 0 Å². The van der Waals surface area contributed by atoms with Crippen LogP contribution in [0.2, 0.25) is 0 Å². The summed E-state index contributed by atoms with van der Waals surface area (Å²) in [4.78, 5) is 11.3. The number of ether oxygens (including phenoxy) is 1. The van der Waals surface area contributed by atoms with Crippen molar-refractivity contribution >= 4 is 11.7 Å². The molecule has 1 aromatic carbocycles. The predicted molar refractivity (Wildman–Crippen MR) is 65.3 cm³/mol. The molecule has 0 aliphatic rings. The predicted octanol–water partition coefficient (Wildman–Crippen LogP) is 3.25. The van der Waals surface area contributed by atoms with Gasteiger partial charge in [-0.15, -0.1) is 0 Å². The first-order chi connectivity index (χ1) is 8.88. The van der Waals surface area contributed by atoms with Gasteiger partial charge < -0.3 is 15.4 Å². The minimum Gasteiger partial charge on any atom is -0.494 e. The zero-order valence-electron chi connectivity index (χ0n) is 10.6. The number of anilines is 1. The number of hydrogen-bond donors (Lipinski definition) is 2. The molecule has 0 spiro atoms. The van der Waals surface area contributed by atoms with Gasteiger partial charge in [0.05, 0.1) is 17.9 Å². The minimum absolute atomic E-state index is 0.108. The second-order valence-electron chi connectivity index (χ2n) is 3.62. The third-order valence-electron chi connectivity index (χ3n) is 2.19. The van der Waals surface area contributed by atoms with Gasteiger partial charge in [0.15, 0.2) is 0 Å². The molecule has 0 radical (unpaired) electrons. The van der Waals surface area contributed by atoms with Gasteiger partial charge in [-0.25, -0.2) is 4.79 Å². The standard InChI is InChI=1S/C12H15F3N2O2/c1-3-16-11(18)17-10-6-5-8(19-4-2)7-9(10)12(13,14)15/h5-7H,3-4H2,1-2H3,(H2,16,17,18). The first-order valence-electron chi connectivity index (χ1n) is 5.77. The lowest BCUT2D eigenvalue weighted by atomic mass is 10.1. The van der Waals surface area contributed by atoms with Crippen molar-refractivity contribution in [3.63, 3.8) is 0 Å². The van der Waals surface area contributed by atoms with Crippen molar-refractivity contribution in [2.75, 3.05) is 18.5 Å². The molecule has 2 amide bonds. The molecule has 0 bridgehead atoms. The molecular formula is C12H15F3N2O2. The molecular weight excluding hydrogens is 261 g/mol. The average Bonchev–Trinajstić information content (AvgIpc) is 2.30. The maximum Gasteiger partial charge on any atom is 0.418 e. The highest BCUT2D eigenvalue weighted by Crippen LogP contribution is 2.37. The van der Waals surface area contributed by atoms with Crippen molar-refractivity contribution < 1.29 is 22.7 Å². The first-order valence-corrected chi connectivity index (χ1v) is 5.77. The highest BCUT2D eigenvalue weighted by Gasteiger charge is 2.34. The second kappa shape index (κ2) is 6.31. The number of urea groups is 1. The lowest BCUT2D eigenvalue weighted by Gasteiger charge is -2.15. The lowest BCUT2D eigenvalue weighted by Crippen LogP contribution is -2.29. The lowest BCUT2D eigenvalue weighted by molar-refractivity contribution is -0.137. The zero-order chi connectivity index (χ0) is 14.5. The van der Waals surface area contributed by atoms with Crippen molar-refractivity contribution in [3.05, 3.63) is 23.8 Å². The summed E-state index contributed by atoms with van der Waals surface area (Å²) in [6, 6.07) is 2.73. The fourth-order valence-electron chi connectivity index (χ4n) is 1.45. The third-order valence-corrected chi connectivity index (χ3v) is 2.19. The molecule has 0 saturated heterocycles. The van der Waals surface area contributed by atoms with E-state index in [1.807, 2.05) is 0 Å². The molecule has 106 valence electrons. The molecule has 0 fully saturated rings. The molecule has 19 heavy (non-hydrogen) atoms. The van der Waals surface area contributed by atoms with E-state index in [-0.39, 0.29) is 18.0 Å². The second-order valence-corrected chi connectivity index (χ2v) is 3.62. The maximum atomic E-state index is 12.9. The minimum atomic E-state index is -4.57.